The molecule has 1 aliphatic heterocycles. The molecule has 3 aromatic rings. The maximum absolute atomic E-state index is 6.00. The van der Waals surface area contributed by atoms with Crippen LogP contribution in [0.2, 0.25) is 5.15 Å². The Kier molecular flexibility index (Phi) is 3.12. The summed E-state index contributed by atoms with van der Waals surface area (Å²) in [5, 5.41) is 4.74. The summed E-state index contributed by atoms with van der Waals surface area (Å²) in [7, 11) is 1.91. The largest absolute Gasteiger partial charge is 0.493 e. The number of rotatable bonds is 1. The number of nitrogens with zero attached hydrogens (tertiary/aromatic N) is 3. The van der Waals surface area contributed by atoms with Gasteiger partial charge >= 0.3 is 0 Å². The molecule has 0 radical (unpaired) electrons. The third kappa shape index (κ3) is 2.25. The van der Waals surface area contributed by atoms with Gasteiger partial charge in [0, 0.05) is 36.4 Å². The van der Waals surface area contributed by atoms with Crippen LogP contribution in [0.25, 0.3) is 22.3 Å². The van der Waals surface area contributed by atoms with Gasteiger partial charge in [-0.05, 0) is 29.8 Å². The highest BCUT2D eigenvalue weighted by Crippen LogP contribution is 2.37. The lowest BCUT2D eigenvalue weighted by Gasteiger charge is -2.10. The van der Waals surface area contributed by atoms with E-state index in [0.29, 0.717) is 11.8 Å². The molecular weight excluding hydrogens is 298 g/mol. The van der Waals surface area contributed by atoms with Gasteiger partial charge in [-0.15, -0.1) is 0 Å². The standard InChI is InChI=1S/C17H14ClN3O/c1-21-10-12(9-19-21)11-2-3-14-13-4-5-17(18)20-15(13)6-7-22-16(14)8-11/h2-5,8-10H,6-7H2,1H3. The van der Waals surface area contributed by atoms with Crippen molar-refractivity contribution in [2.24, 2.45) is 7.05 Å². The summed E-state index contributed by atoms with van der Waals surface area (Å²) in [5.74, 6) is 0.879. The maximum Gasteiger partial charge on any atom is 0.129 e. The Morgan fingerprint density at radius 1 is 1.14 bits per heavy atom. The first-order valence-corrected chi connectivity index (χ1v) is 7.50. The summed E-state index contributed by atoms with van der Waals surface area (Å²) >= 11 is 6.00. The monoisotopic (exact) mass is 311 g/mol. The minimum atomic E-state index is 0.522. The van der Waals surface area contributed by atoms with Crippen LogP contribution in [0, 0.1) is 0 Å². The molecule has 0 bridgehead atoms. The number of aromatic nitrogens is 3. The second kappa shape index (κ2) is 5.14. The summed E-state index contributed by atoms with van der Waals surface area (Å²) in [5.41, 5.74) is 5.31. The average Bonchev–Trinajstić information content (AvgIpc) is 2.86. The van der Waals surface area contributed by atoms with Crippen molar-refractivity contribution in [3.8, 4) is 28.0 Å². The van der Waals surface area contributed by atoms with E-state index in [1.807, 2.05) is 31.6 Å². The van der Waals surface area contributed by atoms with Crippen molar-refractivity contribution in [3.63, 3.8) is 0 Å². The van der Waals surface area contributed by atoms with Gasteiger partial charge in [0.25, 0.3) is 0 Å². The molecule has 4 nitrogen and oxygen atoms in total. The Bertz CT molecular complexity index is 857. The molecule has 1 aromatic carbocycles. The highest BCUT2D eigenvalue weighted by Gasteiger charge is 2.17. The molecule has 0 spiro atoms. The number of ether oxygens (including phenoxy) is 1. The van der Waals surface area contributed by atoms with Crippen LogP contribution in [0.15, 0.2) is 42.7 Å². The van der Waals surface area contributed by atoms with Crippen LogP contribution in [-0.4, -0.2) is 21.4 Å². The van der Waals surface area contributed by atoms with Gasteiger partial charge in [0.15, 0.2) is 0 Å². The van der Waals surface area contributed by atoms with Gasteiger partial charge in [-0.1, -0.05) is 17.7 Å². The molecule has 0 aliphatic carbocycles. The summed E-state index contributed by atoms with van der Waals surface area (Å²) in [4.78, 5) is 4.43. The van der Waals surface area contributed by atoms with Gasteiger partial charge < -0.3 is 4.74 Å². The second-order valence-electron chi connectivity index (χ2n) is 5.34. The van der Waals surface area contributed by atoms with E-state index in [2.05, 4.69) is 28.3 Å². The molecule has 0 amide bonds. The predicted molar refractivity (Wildman–Crippen MR) is 86.1 cm³/mol. The molecule has 0 saturated heterocycles. The van der Waals surface area contributed by atoms with Crippen LogP contribution >= 0.6 is 11.6 Å². The molecule has 4 rings (SSSR count). The van der Waals surface area contributed by atoms with Crippen LogP contribution in [0.5, 0.6) is 5.75 Å². The molecule has 1 aliphatic rings. The number of fused-ring (bicyclic) bond motifs is 3. The van der Waals surface area contributed by atoms with Crippen molar-refractivity contribution in [2.45, 2.75) is 6.42 Å². The summed E-state index contributed by atoms with van der Waals surface area (Å²) in [6.07, 6.45) is 4.61. The van der Waals surface area contributed by atoms with E-state index in [0.717, 1.165) is 40.1 Å². The Morgan fingerprint density at radius 2 is 2.00 bits per heavy atom. The van der Waals surface area contributed by atoms with Gasteiger partial charge in [0.2, 0.25) is 0 Å². The number of hydrogen-bond donors (Lipinski definition) is 0. The van der Waals surface area contributed by atoms with E-state index < -0.39 is 0 Å². The Hall–Kier alpha value is -2.33. The Balaban J connectivity index is 1.84. The first-order chi connectivity index (χ1) is 10.7. The molecule has 110 valence electrons. The van der Waals surface area contributed by atoms with Crippen molar-refractivity contribution >= 4 is 11.6 Å². The van der Waals surface area contributed by atoms with Gasteiger partial charge in [-0.2, -0.15) is 5.10 Å². The predicted octanol–water partition coefficient (Wildman–Crippen LogP) is 3.74. The van der Waals surface area contributed by atoms with E-state index in [1.165, 1.54) is 0 Å². The fraction of sp³-hybridized carbons (Fsp3) is 0.176. The SMILES string of the molecule is Cn1cc(-c2ccc3c(c2)OCCc2nc(Cl)ccc2-3)cn1. The molecule has 3 heterocycles. The number of benzene rings is 1. The highest BCUT2D eigenvalue weighted by molar-refractivity contribution is 6.29. The molecule has 0 atom stereocenters. The summed E-state index contributed by atoms with van der Waals surface area (Å²) in [6.45, 7) is 0.601. The third-order valence-electron chi connectivity index (χ3n) is 3.85. The molecule has 0 unspecified atom stereocenters. The fourth-order valence-corrected chi connectivity index (χ4v) is 2.95. The smallest absolute Gasteiger partial charge is 0.129 e. The van der Waals surface area contributed by atoms with Crippen molar-refractivity contribution in [2.75, 3.05) is 6.61 Å². The third-order valence-corrected chi connectivity index (χ3v) is 4.06. The molecular formula is C17H14ClN3O. The minimum Gasteiger partial charge on any atom is -0.493 e. The topological polar surface area (TPSA) is 39.9 Å². The van der Waals surface area contributed by atoms with Crippen LogP contribution in [0.3, 0.4) is 0 Å². The molecule has 22 heavy (non-hydrogen) atoms. The number of hydrogen-bond acceptors (Lipinski definition) is 3. The van der Waals surface area contributed by atoms with Crippen molar-refractivity contribution < 1.29 is 4.74 Å². The van der Waals surface area contributed by atoms with Crippen LogP contribution in [-0.2, 0) is 13.5 Å². The van der Waals surface area contributed by atoms with E-state index in [9.17, 15) is 0 Å². The molecule has 0 N–H and O–H groups in total. The number of halogens is 1. The van der Waals surface area contributed by atoms with Crippen LogP contribution in [0.1, 0.15) is 5.69 Å². The van der Waals surface area contributed by atoms with Gasteiger partial charge in [0.1, 0.15) is 10.9 Å². The molecule has 0 saturated carbocycles. The number of pyridine rings is 1. The van der Waals surface area contributed by atoms with E-state index in [4.69, 9.17) is 16.3 Å². The normalized spacial score (nSPS) is 13.0. The zero-order valence-corrected chi connectivity index (χ0v) is 12.8. The van der Waals surface area contributed by atoms with E-state index in [-0.39, 0.29) is 0 Å². The molecule has 2 aromatic heterocycles. The molecule has 5 heteroatoms. The Morgan fingerprint density at radius 3 is 2.82 bits per heavy atom. The zero-order valence-electron chi connectivity index (χ0n) is 12.1. The van der Waals surface area contributed by atoms with E-state index in [1.54, 1.807) is 4.68 Å². The van der Waals surface area contributed by atoms with Gasteiger partial charge in [0.05, 0.1) is 18.5 Å². The van der Waals surface area contributed by atoms with Crippen LogP contribution < -0.4 is 4.74 Å². The minimum absolute atomic E-state index is 0.522. The lowest BCUT2D eigenvalue weighted by molar-refractivity contribution is 0.325. The van der Waals surface area contributed by atoms with Gasteiger partial charge in [-0.3, -0.25) is 4.68 Å². The number of aryl methyl sites for hydroxylation is 1. The first kappa shape index (κ1) is 13.3. The second-order valence-corrected chi connectivity index (χ2v) is 5.73. The summed E-state index contributed by atoms with van der Waals surface area (Å²) < 4.78 is 7.72. The van der Waals surface area contributed by atoms with E-state index >= 15 is 0 Å². The fourth-order valence-electron chi connectivity index (χ4n) is 2.78. The van der Waals surface area contributed by atoms with Crippen molar-refractivity contribution in [3.05, 3.63) is 53.6 Å². The highest BCUT2D eigenvalue weighted by atomic mass is 35.5. The average molecular weight is 312 g/mol. The quantitative estimate of drug-likeness (QED) is 0.643. The summed E-state index contributed by atoms with van der Waals surface area (Å²) in [6, 6.07) is 10.1. The lowest BCUT2D eigenvalue weighted by Crippen LogP contribution is -2.00. The Labute approximate surface area is 133 Å². The van der Waals surface area contributed by atoms with Crippen molar-refractivity contribution in [1.82, 2.24) is 14.8 Å². The molecule has 0 fully saturated rings. The van der Waals surface area contributed by atoms with Crippen molar-refractivity contribution in [1.29, 1.82) is 0 Å². The van der Waals surface area contributed by atoms with Crippen LogP contribution in [0.4, 0.5) is 0 Å². The zero-order chi connectivity index (χ0) is 15.1. The van der Waals surface area contributed by atoms with Gasteiger partial charge in [-0.25, -0.2) is 4.98 Å². The first-order valence-electron chi connectivity index (χ1n) is 7.12. The lowest BCUT2D eigenvalue weighted by atomic mass is 9.99. The maximum atomic E-state index is 6.00.